The molecule has 0 spiro atoms. The summed E-state index contributed by atoms with van der Waals surface area (Å²) in [6.07, 6.45) is 0. The predicted octanol–water partition coefficient (Wildman–Crippen LogP) is 3.72. The molecular formula is C18H14ClNO5. The second-order valence-corrected chi connectivity index (χ2v) is 5.59. The van der Waals surface area contributed by atoms with Crippen LogP contribution in [0.5, 0.6) is 11.5 Å². The largest absolute Gasteiger partial charge is 0.497 e. The van der Waals surface area contributed by atoms with E-state index in [1.807, 2.05) is 0 Å². The molecule has 0 bridgehead atoms. The van der Waals surface area contributed by atoms with Gasteiger partial charge in [-0.3, -0.25) is 4.79 Å². The summed E-state index contributed by atoms with van der Waals surface area (Å²) in [6.45, 7) is 0. The van der Waals surface area contributed by atoms with Crippen LogP contribution in [0.15, 0.2) is 51.7 Å². The molecule has 0 aliphatic heterocycles. The van der Waals surface area contributed by atoms with E-state index in [2.05, 4.69) is 5.32 Å². The average molecular weight is 360 g/mol. The molecule has 128 valence electrons. The van der Waals surface area contributed by atoms with Crippen LogP contribution in [-0.4, -0.2) is 20.1 Å². The lowest BCUT2D eigenvalue weighted by Crippen LogP contribution is -2.21. The summed E-state index contributed by atoms with van der Waals surface area (Å²) in [5.41, 5.74) is -0.186. The first-order valence-electron chi connectivity index (χ1n) is 7.28. The van der Waals surface area contributed by atoms with Crippen molar-refractivity contribution >= 4 is 34.2 Å². The molecule has 1 heterocycles. The van der Waals surface area contributed by atoms with Crippen LogP contribution in [0.4, 0.5) is 5.69 Å². The fourth-order valence-corrected chi connectivity index (χ4v) is 2.52. The molecule has 6 nitrogen and oxygen atoms in total. The molecule has 0 radical (unpaired) electrons. The summed E-state index contributed by atoms with van der Waals surface area (Å²) in [5, 5.41) is 3.64. The molecule has 3 rings (SSSR count). The lowest BCUT2D eigenvalue weighted by atomic mass is 10.1. The van der Waals surface area contributed by atoms with Gasteiger partial charge in [0.2, 0.25) is 0 Å². The predicted molar refractivity (Wildman–Crippen MR) is 95.0 cm³/mol. The molecule has 1 aromatic heterocycles. The SMILES string of the molecule is COc1ccc2cc(C(=O)Nc3cc(Cl)ccc3OC)c(=O)oc2c1. The van der Waals surface area contributed by atoms with Crippen LogP contribution in [0.1, 0.15) is 10.4 Å². The van der Waals surface area contributed by atoms with Gasteiger partial charge in [0.15, 0.2) is 0 Å². The van der Waals surface area contributed by atoms with Crippen molar-refractivity contribution in [3.8, 4) is 11.5 Å². The van der Waals surface area contributed by atoms with E-state index in [1.165, 1.54) is 26.4 Å². The zero-order valence-corrected chi connectivity index (χ0v) is 14.2. The normalized spacial score (nSPS) is 10.5. The molecule has 25 heavy (non-hydrogen) atoms. The first kappa shape index (κ1) is 16.9. The van der Waals surface area contributed by atoms with Gasteiger partial charge in [-0.1, -0.05) is 11.6 Å². The van der Waals surface area contributed by atoms with E-state index in [1.54, 1.807) is 30.3 Å². The number of nitrogens with one attached hydrogen (secondary N) is 1. The highest BCUT2D eigenvalue weighted by atomic mass is 35.5. The van der Waals surface area contributed by atoms with Crippen LogP contribution in [0.2, 0.25) is 5.02 Å². The van der Waals surface area contributed by atoms with Gasteiger partial charge in [0.25, 0.3) is 5.91 Å². The van der Waals surface area contributed by atoms with Crippen molar-refractivity contribution in [2.24, 2.45) is 0 Å². The van der Waals surface area contributed by atoms with Gasteiger partial charge in [0, 0.05) is 16.5 Å². The zero-order chi connectivity index (χ0) is 18.0. The summed E-state index contributed by atoms with van der Waals surface area (Å²) >= 11 is 5.94. The van der Waals surface area contributed by atoms with Gasteiger partial charge in [-0.15, -0.1) is 0 Å². The van der Waals surface area contributed by atoms with Crippen LogP contribution in [0, 0.1) is 0 Å². The van der Waals surface area contributed by atoms with E-state index < -0.39 is 11.5 Å². The van der Waals surface area contributed by atoms with Crippen molar-refractivity contribution in [2.45, 2.75) is 0 Å². The quantitative estimate of drug-likeness (QED) is 0.718. The Bertz CT molecular complexity index is 1010. The molecule has 7 heteroatoms. The maximum Gasteiger partial charge on any atom is 0.349 e. The van der Waals surface area contributed by atoms with Crippen LogP contribution in [0.25, 0.3) is 11.0 Å². The van der Waals surface area contributed by atoms with Gasteiger partial charge in [-0.05, 0) is 36.4 Å². The number of carbonyl (C=O) groups excluding carboxylic acids is 1. The van der Waals surface area contributed by atoms with Crippen molar-refractivity contribution < 1.29 is 18.7 Å². The number of hydrogen-bond donors (Lipinski definition) is 1. The Labute approximate surface area is 147 Å². The number of amides is 1. The monoisotopic (exact) mass is 359 g/mol. The molecule has 0 unspecified atom stereocenters. The Balaban J connectivity index is 1.99. The Hall–Kier alpha value is -2.99. The van der Waals surface area contributed by atoms with E-state index in [9.17, 15) is 9.59 Å². The number of rotatable bonds is 4. The molecule has 0 aliphatic rings. The fraction of sp³-hybridized carbons (Fsp3) is 0.111. The number of ether oxygens (including phenoxy) is 2. The molecule has 0 aliphatic carbocycles. The van der Waals surface area contributed by atoms with Crippen molar-refractivity contribution in [2.75, 3.05) is 19.5 Å². The third kappa shape index (κ3) is 3.44. The average Bonchev–Trinajstić information content (AvgIpc) is 2.60. The number of carbonyl (C=O) groups is 1. The van der Waals surface area contributed by atoms with Crippen molar-refractivity contribution in [3.05, 3.63) is 63.5 Å². The Morgan fingerprint density at radius 1 is 1.08 bits per heavy atom. The number of fused-ring (bicyclic) bond motifs is 1. The number of halogens is 1. The van der Waals surface area contributed by atoms with Gasteiger partial charge < -0.3 is 19.2 Å². The number of benzene rings is 2. The van der Waals surface area contributed by atoms with Crippen LogP contribution in [0.3, 0.4) is 0 Å². The van der Waals surface area contributed by atoms with Gasteiger partial charge in [0.05, 0.1) is 19.9 Å². The highest BCUT2D eigenvalue weighted by Crippen LogP contribution is 2.28. The molecule has 1 amide bonds. The molecule has 0 saturated heterocycles. The Kier molecular flexibility index (Phi) is 4.63. The smallest absolute Gasteiger partial charge is 0.349 e. The van der Waals surface area contributed by atoms with Crippen molar-refractivity contribution in [1.29, 1.82) is 0 Å². The van der Waals surface area contributed by atoms with Crippen LogP contribution >= 0.6 is 11.6 Å². The lowest BCUT2D eigenvalue weighted by Gasteiger charge is -2.10. The number of hydrogen-bond acceptors (Lipinski definition) is 5. The van der Waals surface area contributed by atoms with Crippen LogP contribution in [-0.2, 0) is 0 Å². The first-order chi connectivity index (χ1) is 12.0. The molecule has 3 aromatic rings. The van der Waals surface area contributed by atoms with E-state index >= 15 is 0 Å². The Morgan fingerprint density at radius 2 is 1.88 bits per heavy atom. The van der Waals surface area contributed by atoms with Crippen molar-refractivity contribution in [3.63, 3.8) is 0 Å². The summed E-state index contributed by atoms with van der Waals surface area (Å²) in [6, 6.07) is 11.2. The van der Waals surface area contributed by atoms with E-state index in [4.69, 9.17) is 25.5 Å². The molecule has 0 saturated carbocycles. The minimum atomic E-state index is -0.751. The van der Waals surface area contributed by atoms with Gasteiger partial charge in [0.1, 0.15) is 22.6 Å². The highest BCUT2D eigenvalue weighted by Gasteiger charge is 2.16. The lowest BCUT2D eigenvalue weighted by molar-refractivity contribution is 0.102. The van der Waals surface area contributed by atoms with E-state index in [0.29, 0.717) is 33.2 Å². The summed E-state index contributed by atoms with van der Waals surface area (Å²) in [7, 11) is 2.98. The maximum absolute atomic E-state index is 12.5. The van der Waals surface area contributed by atoms with Gasteiger partial charge in [-0.2, -0.15) is 0 Å². The summed E-state index contributed by atoms with van der Waals surface area (Å²) < 4.78 is 15.5. The molecule has 2 aromatic carbocycles. The first-order valence-corrected chi connectivity index (χ1v) is 7.66. The second kappa shape index (κ2) is 6.86. The summed E-state index contributed by atoms with van der Waals surface area (Å²) in [5.74, 6) is 0.358. The highest BCUT2D eigenvalue weighted by molar-refractivity contribution is 6.31. The molecule has 1 N–H and O–H groups in total. The topological polar surface area (TPSA) is 77.8 Å². The molecule has 0 atom stereocenters. The van der Waals surface area contributed by atoms with Gasteiger partial charge in [-0.25, -0.2) is 4.79 Å². The zero-order valence-electron chi connectivity index (χ0n) is 13.5. The molecular weight excluding hydrogens is 346 g/mol. The molecule has 0 fully saturated rings. The maximum atomic E-state index is 12.5. The summed E-state index contributed by atoms with van der Waals surface area (Å²) in [4.78, 5) is 24.6. The van der Waals surface area contributed by atoms with Crippen molar-refractivity contribution in [1.82, 2.24) is 0 Å². The van der Waals surface area contributed by atoms with E-state index in [-0.39, 0.29) is 5.56 Å². The number of methoxy groups -OCH3 is 2. The Morgan fingerprint density at radius 3 is 2.60 bits per heavy atom. The van der Waals surface area contributed by atoms with Crippen LogP contribution < -0.4 is 20.4 Å². The number of anilines is 1. The fourth-order valence-electron chi connectivity index (χ4n) is 2.34. The third-order valence-corrected chi connectivity index (χ3v) is 3.83. The third-order valence-electron chi connectivity index (χ3n) is 3.60. The minimum absolute atomic E-state index is 0.125. The second-order valence-electron chi connectivity index (χ2n) is 5.15. The van der Waals surface area contributed by atoms with Gasteiger partial charge >= 0.3 is 5.63 Å². The minimum Gasteiger partial charge on any atom is -0.497 e. The van der Waals surface area contributed by atoms with E-state index in [0.717, 1.165) is 0 Å². The standard InChI is InChI=1S/C18H14ClNO5/c1-23-12-5-3-10-7-13(18(22)25-16(10)9-12)17(21)20-14-8-11(19)4-6-15(14)24-2/h3-9H,1-2H3,(H,20,21).